The van der Waals surface area contributed by atoms with Crippen LogP contribution in [0.1, 0.15) is 18.9 Å². The summed E-state index contributed by atoms with van der Waals surface area (Å²) in [7, 11) is 0. The molecule has 5 heteroatoms. The van der Waals surface area contributed by atoms with E-state index < -0.39 is 0 Å². The molecule has 1 aromatic carbocycles. The Morgan fingerprint density at radius 3 is 2.68 bits per heavy atom. The monoisotopic (exact) mass is 264 g/mol. The molecule has 2 amide bonds. The van der Waals surface area contributed by atoms with Gasteiger partial charge in [0.25, 0.3) is 0 Å². The first kappa shape index (κ1) is 13.5. The Hall–Kier alpha value is -1.91. The maximum Gasteiger partial charge on any atom is 0.314 e. The van der Waals surface area contributed by atoms with Crippen molar-refractivity contribution in [3.63, 3.8) is 0 Å². The van der Waals surface area contributed by atoms with Crippen LogP contribution in [0.5, 0.6) is 11.5 Å². The summed E-state index contributed by atoms with van der Waals surface area (Å²) in [6.45, 7) is 4.53. The molecule has 1 aromatic rings. The smallest absolute Gasteiger partial charge is 0.314 e. The van der Waals surface area contributed by atoms with Crippen molar-refractivity contribution >= 4 is 6.03 Å². The highest BCUT2D eigenvalue weighted by Crippen LogP contribution is 2.30. The normalized spacial score (nSPS) is 12.9. The quantitative estimate of drug-likeness (QED) is 0.851. The van der Waals surface area contributed by atoms with Crippen molar-refractivity contribution in [3.05, 3.63) is 23.8 Å². The van der Waals surface area contributed by atoms with Crippen LogP contribution in [0.2, 0.25) is 0 Å². The van der Waals surface area contributed by atoms with Crippen LogP contribution in [0.4, 0.5) is 4.79 Å². The number of carbonyl (C=O) groups excluding carboxylic acids is 1. The van der Waals surface area contributed by atoms with E-state index in [1.54, 1.807) is 0 Å². The Kier molecular flexibility index (Phi) is 4.89. The van der Waals surface area contributed by atoms with Crippen molar-refractivity contribution in [2.45, 2.75) is 19.8 Å². The summed E-state index contributed by atoms with van der Waals surface area (Å²) in [5, 5.41) is 5.60. The lowest BCUT2D eigenvalue weighted by atomic mass is 10.1. The van der Waals surface area contributed by atoms with Crippen molar-refractivity contribution in [2.75, 3.05) is 26.3 Å². The number of benzene rings is 1. The molecule has 1 aliphatic rings. The fourth-order valence-corrected chi connectivity index (χ4v) is 1.86. The molecule has 0 saturated heterocycles. The molecule has 0 aliphatic carbocycles. The van der Waals surface area contributed by atoms with Gasteiger partial charge in [0.05, 0.1) is 0 Å². The second-order valence-electron chi connectivity index (χ2n) is 4.41. The highest BCUT2D eigenvalue weighted by atomic mass is 16.6. The predicted molar refractivity (Wildman–Crippen MR) is 72.8 cm³/mol. The van der Waals surface area contributed by atoms with Crippen molar-refractivity contribution in [1.29, 1.82) is 0 Å². The van der Waals surface area contributed by atoms with Gasteiger partial charge in [0, 0.05) is 13.1 Å². The minimum Gasteiger partial charge on any atom is -0.486 e. The number of hydrogen-bond donors (Lipinski definition) is 2. The Morgan fingerprint density at radius 2 is 1.89 bits per heavy atom. The summed E-state index contributed by atoms with van der Waals surface area (Å²) in [6.07, 6.45) is 1.71. The predicted octanol–water partition coefficient (Wildman–Crippen LogP) is 1.71. The number of hydrogen-bond acceptors (Lipinski definition) is 3. The molecular weight excluding hydrogens is 244 g/mol. The molecular formula is C14H20N2O3. The van der Waals surface area contributed by atoms with Gasteiger partial charge in [-0.25, -0.2) is 4.79 Å². The van der Waals surface area contributed by atoms with Crippen LogP contribution < -0.4 is 20.1 Å². The van der Waals surface area contributed by atoms with Crippen molar-refractivity contribution in [2.24, 2.45) is 0 Å². The molecule has 0 spiro atoms. The summed E-state index contributed by atoms with van der Waals surface area (Å²) >= 11 is 0. The molecule has 0 fully saturated rings. The first-order chi connectivity index (χ1) is 9.29. The summed E-state index contributed by atoms with van der Waals surface area (Å²) in [5.41, 5.74) is 1.13. The summed E-state index contributed by atoms with van der Waals surface area (Å²) in [4.78, 5) is 11.4. The number of rotatable bonds is 5. The van der Waals surface area contributed by atoms with E-state index in [0.717, 1.165) is 29.9 Å². The van der Waals surface area contributed by atoms with Gasteiger partial charge in [-0.15, -0.1) is 0 Å². The van der Waals surface area contributed by atoms with E-state index in [4.69, 9.17) is 9.47 Å². The lowest BCUT2D eigenvalue weighted by Crippen LogP contribution is -2.36. The van der Waals surface area contributed by atoms with Crippen LogP contribution in [0.15, 0.2) is 18.2 Å². The fraction of sp³-hybridized carbons (Fsp3) is 0.500. The van der Waals surface area contributed by atoms with Crippen molar-refractivity contribution in [1.82, 2.24) is 10.6 Å². The van der Waals surface area contributed by atoms with Gasteiger partial charge in [0.15, 0.2) is 11.5 Å². The van der Waals surface area contributed by atoms with E-state index in [1.165, 1.54) is 0 Å². The maximum atomic E-state index is 11.4. The Balaban J connectivity index is 1.78. The topological polar surface area (TPSA) is 59.6 Å². The molecule has 2 rings (SSSR count). The van der Waals surface area contributed by atoms with Gasteiger partial charge in [-0.3, -0.25) is 0 Å². The molecule has 0 radical (unpaired) electrons. The van der Waals surface area contributed by atoms with Gasteiger partial charge in [0.2, 0.25) is 0 Å². The first-order valence-corrected chi connectivity index (χ1v) is 6.70. The van der Waals surface area contributed by atoms with E-state index >= 15 is 0 Å². The molecule has 1 aliphatic heterocycles. The molecule has 0 unspecified atom stereocenters. The van der Waals surface area contributed by atoms with E-state index in [9.17, 15) is 4.79 Å². The molecule has 104 valence electrons. The summed E-state index contributed by atoms with van der Waals surface area (Å²) in [6, 6.07) is 5.78. The highest BCUT2D eigenvalue weighted by Gasteiger charge is 2.11. The number of amides is 2. The number of urea groups is 1. The van der Waals surface area contributed by atoms with E-state index in [1.807, 2.05) is 25.1 Å². The van der Waals surface area contributed by atoms with Crippen LogP contribution in [-0.4, -0.2) is 32.3 Å². The lowest BCUT2D eigenvalue weighted by molar-refractivity contribution is 0.171. The third-order valence-corrected chi connectivity index (χ3v) is 2.84. The number of carbonyl (C=O) groups is 1. The summed E-state index contributed by atoms with van der Waals surface area (Å²) < 4.78 is 11.0. The minimum absolute atomic E-state index is 0.112. The zero-order chi connectivity index (χ0) is 13.5. The molecule has 5 nitrogen and oxygen atoms in total. The Morgan fingerprint density at radius 1 is 1.16 bits per heavy atom. The molecule has 0 bridgehead atoms. The van der Waals surface area contributed by atoms with E-state index in [2.05, 4.69) is 10.6 Å². The standard InChI is InChI=1S/C14H20N2O3/c1-2-6-15-14(17)16-7-5-11-3-4-12-13(10-11)19-9-8-18-12/h3-4,10H,2,5-9H2,1H3,(H2,15,16,17). The average molecular weight is 264 g/mol. The van der Waals surface area contributed by atoms with Crippen molar-refractivity contribution in [3.8, 4) is 11.5 Å². The van der Waals surface area contributed by atoms with E-state index in [-0.39, 0.29) is 6.03 Å². The fourth-order valence-electron chi connectivity index (χ4n) is 1.86. The third kappa shape index (κ3) is 4.05. The van der Waals surface area contributed by atoms with Gasteiger partial charge in [-0.1, -0.05) is 13.0 Å². The molecule has 0 aromatic heterocycles. The van der Waals surface area contributed by atoms with Gasteiger partial charge >= 0.3 is 6.03 Å². The number of nitrogens with one attached hydrogen (secondary N) is 2. The van der Waals surface area contributed by atoms with Gasteiger partial charge in [-0.05, 0) is 30.5 Å². The van der Waals surface area contributed by atoms with Crippen LogP contribution in [0.25, 0.3) is 0 Å². The second kappa shape index (κ2) is 6.87. The van der Waals surface area contributed by atoms with Crippen molar-refractivity contribution < 1.29 is 14.3 Å². The Bertz CT molecular complexity index is 435. The summed E-state index contributed by atoms with van der Waals surface area (Å²) in [5.74, 6) is 1.59. The number of fused-ring (bicyclic) bond motifs is 1. The second-order valence-corrected chi connectivity index (χ2v) is 4.41. The van der Waals surface area contributed by atoms with Crippen LogP contribution in [0.3, 0.4) is 0 Å². The maximum absolute atomic E-state index is 11.4. The molecule has 2 N–H and O–H groups in total. The average Bonchev–Trinajstić information content (AvgIpc) is 2.45. The molecule has 0 saturated carbocycles. The lowest BCUT2D eigenvalue weighted by Gasteiger charge is -2.18. The van der Waals surface area contributed by atoms with Gasteiger partial charge in [0.1, 0.15) is 13.2 Å². The van der Waals surface area contributed by atoms with Gasteiger partial charge < -0.3 is 20.1 Å². The zero-order valence-corrected chi connectivity index (χ0v) is 11.2. The largest absolute Gasteiger partial charge is 0.486 e. The molecule has 19 heavy (non-hydrogen) atoms. The molecule has 0 atom stereocenters. The molecule has 1 heterocycles. The van der Waals surface area contributed by atoms with Crippen LogP contribution in [0, 0.1) is 0 Å². The van der Waals surface area contributed by atoms with Gasteiger partial charge in [-0.2, -0.15) is 0 Å². The minimum atomic E-state index is -0.112. The van der Waals surface area contributed by atoms with Crippen LogP contribution >= 0.6 is 0 Å². The Labute approximate surface area is 113 Å². The van der Waals surface area contributed by atoms with Crippen LogP contribution in [-0.2, 0) is 6.42 Å². The zero-order valence-electron chi connectivity index (χ0n) is 11.2. The van der Waals surface area contributed by atoms with E-state index in [0.29, 0.717) is 26.3 Å². The SMILES string of the molecule is CCCNC(=O)NCCc1ccc2c(c1)OCCO2. The third-order valence-electron chi connectivity index (χ3n) is 2.84. The highest BCUT2D eigenvalue weighted by molar-refractivity contribution is 5.73. The number of ether oxygens (including phenoxy) is 2. The first-order valence-electron chi connectivity index (χ1n) is 6.70.